The van der Waals surface area contributed by atoms with E-state index in [0.717, 1.165) is 44.5 Å². The molecule has 2 aromatic carbocycles. The van der Waals surface area contributed by atoms with Crippen LogP contribution >= 0.6 is 51.6 Å². The number of benzene rings is 2. The number of fused-ring (bicyclic) bond motifs is 1. The lowest BCUT2D eigenvalue weighted by atomic mass is 9.47. The lowest BCUT2D eigenvalue weighted by Crippen LogP contribution is -2.38. The second-order valence-corrected chi connectivity index (χ2v) is 18.5. The van der Waals surface area contributed by atoms with Gasteiger partial charge in [-0.1, -0.05) is 28.5 Å². The molecule has 5 unspecified atom stereocenters. The molecule has 2 heterocycles. The molecule has 191 valence electrons. The van der Waals surface area contributed by atoms with Crippen molar-refractivity contribution in [2.75, 3.05) is 0 Å². The van der Waals surface area contributed by atoms with Crippen molar-refractivity contribution < 1.29 is 0 Å². The second-order valence-electron chi connectivity index (χ2n) is 9.94. The standard InChI is InChI=1S/C26H33B3N3P6/c1-9-10(2)13(5)17(14(6)11(9)3)21-22(18-15(7)12(4)16(8)20(29-28)19(18)27)32-25(38(35)36)23(37-34)24(33)31-26(32)30-21/h37H,33-36H2,1-8H3. The number of aromatic nitrogens is 3. The van der Waals surface area contributed by atoms with Crippen molar-refractivity contribution in [2.24, 2.45) is 0 Å². The van der Waals surface area contributed by atoms with Gasteiger partial charge >= 0.3 is 0 Å². The normalized spacial score (nSPS) is 12.0. The molecule has 3 nitrogen and oxygen atoms in total. The maximum atomic E-state index is 7.00. The van der Waals surface area contributed by atoms with Crippen molar-refractivity contribution in [3.63, 3.8) is 0 Å². The summed E-state index contributed by atoms with van der Waals surface area (Å²) in [5, 5.41) is 1.21. The first-order chi connectivity index (χ1) is 17.8. The smallest absolute Gasteiger partial charge is 0.236 e. The Morgan fingerprint density at radius 2 is 1.29 bits per heavy atom. The average Bonchev–Trinajstić information content (AvgIpc) is 3.22. The van der Waals surface area contributed by atoms with Gasteiger partial charge in [0.15, 0.2) is 0 Å². The van der Waals surface area contributed by atoms with E-state index in [-0.39, 0.29) is 0 Å². The highest BCUT2D eigenvalue weighted by Gasteiger charge is 2.29. The van der Waals surface area contributed by atoms with Crippen LogP contribution in [-0.4, -0.2) is 37.1 Å². The fraction of sp³-hybridized carbons (Fsp3) is 0.308. The van der Waals surface area contributed by atoms with Crippen LogP contribution in [0.4, 0.5) is 0 Å². The van der Waals surface area contributed by atoms with Crippen LogP contribution in [0.3, 0.4) is 0 Å². The number of imidazole rings is 1. The molecule has 12 heteroatoms. The largest absolute Gasteiger partial charge is 0.275 e. The minimum atomic E-state index is -0.654. The Balaban J connectivity index is 2.38. The maximum absolute atomic E-state index is 7.00. The van der Waals surface area contributed by atoms with Crippen molar-refractivity contribution in [1.29, 1.82) is 0 Å². The first-order valence-corrected chi connectivity index (χ1v) is 20.3. The summed E-state index contributed by atoms with van der Waals surface area (Å²) in [5.41, 5.74) is 17.5. The highest BCUT2D eigenvalue weighted by atomic mass is 32.4. The Morgan fingerprint density at radius 3 is 1.79 bits per heavy atom. The van der Waals surface area contributed by atoms with E-state index in [1.807, 2.05) is 0 Å². The van der Waals surface area contributed by atoms with Gasteiger partial charge in [0.25, 0.3) is 0 Å². The van der Waals surface area contributed by atoms with Crippen molar-refractivity contribution in [3.05, 3.63) is 44.5 Å². The van der Waals surface area contributed by atoms with Crippen LogP contribution in [0.1, 0.15) is 44.5 Å². The van der Waals surface area contributed by atoms with Gasteiger partial charge in [0, 0.05) is 18.6 Å². The average molecular weight is 606 g/mol. The number of rotatable bonds is 5. The molecule has 2 aromatic heterocycles. The van der Waals surface area contributed by atoms with Crippen LogP contribution in [0.5, 0.6) is 0 Å². The third-order valence-corrected chi connectivity index (χ3v) is 13.2. The molecule has 0 bridgehead atoms. The first kappa shape index (κ1) is 30.8. The van der Waals surface area contributed by atoms with Gasteiger partial charge < -0.3 is 0 Å². The maximum Gasteiger partial charge on any atom is 0.236 e. The zero-order chi connectivity index (χ0) is 28.4. The van der Waals surface area contributed by atoms with Crippen molar-refractivity contribution in [2.45, 2.75) is 55.4 Å². The molecule has 0 N–H and O–H groups in total. The molecule has 38 heavy (non-hydrogen) atoms. The van der Waals surface area contributed by atoms with Gasteiger partial charge in [-0.15, -0.1) is 32.2 Å². The second kappa shape index (κ2) is 11.6. The fourth-order valence-corrected chi connectivity index (χ4v) is 11.8. The monoisotopic (exact) mass is 606 g/mol. The SMILES string of the molecule is [B][B]c1c([B])c(-c2c(-c3c(C)c(C)c(C)c(C)c3C)nc3nc(P)c(PP)c(P(P)P)n23)c(C)c(C)c1C. The summed E-state index contributed by atoms with van der Waals surface area (Å²) in [6, 6.07) is 0. The molecule has 0 aliphatic rings. The van der Waals surface area contributed by atoms with E-state index < -0.39 is 7.30 Å². The van der Waals surface area contributed by atoms with Gasteiger partial charge in [-0.05, 0) is 107 Å². The van der Waals surface area contributed by atoms with E-state index in [1.165, 1.54) is 44.1 Å². The lowest BCUT2D eigenvalue weighted by molar-refractivity contribution is 1.17. The molecule has 4 aromatic rings. The van der Waals surface area contributed by atoms with Gasteiger partial charge in [-0.25, -0.2) is 9.97 Å². The quantitative estimate of drug-likeness (QED) is 0.254. The predicted octanol–water partition coefficient (Wildman–Crippen LogP) is 4.02. The fourth-order valence-electron chi connectivity index (χ4n) is 5.45. The van der Waals surface area contributed by atoms with Gasteiger partial charge in [0.05, 0.1) is 29.4 Å². The third kappa shape index (κ3) is 4.73. The van der Waals surface area contributed by atoms with E-state index in [1.54, 1.807) is 7.17 Å². The summed E-state index contributed by atoms with van der Waals surface area (Å²) in [5.74, 6) is 0.685. The van der Waals surface area contributed by atoms with Crippen LogP contribution < -0.4 is 27.1 Å². The molecule has 0 fully saturated rings. The van der Waals surface area contributed by atoms with Gasteiger partial charge in [-0.2, -0.15) is 0 Å². The van der Waals surface area contributed by atoms with Gasteiger partial charge in [0.1, 0.15) is 7.85 Å². The molecule has 0 saturated carbocycles. The van der Waals surface area contributed by atoms with Crippen LogP contribution in [0.15, 0.2) is 0 Å². The van der Waals surface area contributed by atoms with E-state index in [2.05, 4.69) is 95.8 Å². The van der Waals surface area contributed by atoms with Crippen molar-refractivity contribution in [1.82, 2.24) is 14.4 Å². The zero-order valence-electron chi connectivity index (χ0n) is 23.3. The van der Waals surface area contributed by atoms with Gasteiger partial charge in [-0.3, -0.25) is 4.40 Å². The highest BCUT2D eigenvalue weighted by molar-refractivity contribution is 8.46. The predicted molar refractivity (Wildman–Crippen MR) is 191 cm³/mol. The Labute approximate surface area is 243 Å². The van der Waals surface area contributed by atoms with Crippen LogP contribution in [0, 0.1) is 55.4 Å². The number of hydrogen-bond donors (Lipinski definition) is 0. The molecule has 0 aliphatic carbocycles. The van der Waals surface area contributed by atoms with E-state index >= 15 is 0 Å². The summed E-state index contributed by atoms with van der Waals surface area (Å²) in [6.07, 6.45) is 0. The van der Waals surface area contributed by atoms with Crippen LogP contribution in [-0.2, 0) is 0 Å². The molecular weight excluding hydrogens is 573 g/mol. The topological polar surface area (TPSA) is 30.2 Å². The molecule has 4 rings (SSSR count). The van der Waals surface area contributed by atoms with E-state index in [9.17, 15) is 0 Å². The zero-order valence-corrected chi connectivity index (χ0v) is 29.8. The van der Waals surface area contributed by atoms with Gasteiger partial charge in [0.2, 0.25) is 5.78 Å². The molecule has 0 aliphatic heterocycles. The summed E-state index contributed by atoms with van der Waals surface area (Å²) >= 11 is 0. The Kier molecular flexibility index (Phi) is 9.40. The summed E-state index contributed by atoms with van der Waals surface area (Å²) < 4.78 is 2.26. The van der Waals surface area contributed by atoms with E-state index in [4.69, 9.17) is 25.6 Å². The van der Waals surface area contributed by atoms with Crippen molar-refractivity contribution in [3.8, 4) is 22.5 Å². The number of nitrogens with zero attached hydrogens (tertiary/aromatic N) is 3. The third-order valence-electron chi connectivity index (χ3n) is 8.26. The molecular formula is C26H33B3N3P6. The molecule has 5 atom stereocenters. The Bertz CT molecular complexity index is 1600. The molecule has 0 saturated heterocycles. The van der Waals surface area contributed by atoms with Crippen molar-refractivity contribution >= 4 is 107 Å². The summed E-state index contributed by atoms with van der Waals surface area (Å²) in [6.45, 7) is 17.4. The minimum absolute atomic E-state index is 0.508. The highest BCUT2D eigenvalue weighted by Crippen LogP contribution is 2.52. The lowest BCUT2D eigenvalue weighted by Gasteiger charge is -2.24. The number of hydrogen-bond acceptors (Lipinski definition) is 2. The molecule has 0 amide bonds. The minimum Gasteiger partial charge on any atom is -0.275 e. The Morgan fingerprint density at radius 1 is 0.789 bits per heavy atom. The first-order valence-electron chi connectivity index (χ1n) is 12.3. The van der Waals surface area contributed by atoms with Crippen LogP contribution in [0.25, 0.3) is 28.3 Å². The Hall–Kier alpha value is -0.165. The molecule has 0 spiro atoms. The molecule has 5 radical (unpaired) electrons. The van der Waals surface area contributed by atoms with E-state index in [0.29, 0.717) is 19.5 Å². The summed E-state index contributed by atoms with van der Waals surface area (Å²) in [7, 11) is 26.4. The summed E-state index contributed by atoms with van der Waals surface area (Å²) in [4.78, 5) is 10.3. The van der Waals surface area contributed by atoms with Crippen LogP contribution in [0.2, 0.25) is 0 Å².